The van der Waals surface area contributed by atoms with Gasteiger partial charge >= 0.3 is 0 Å². The van der Waals surface area contributed by atoms with Crippen LogP contribution in [0.25, 0.3) is 22.4 Å². The smallest absolute Gasteiger partial charge is 0.259 e. The van der Waals surface area contributed by atoms with E-state index in [0.717, 1.165) is 11.1 Å². The topological polar surface area (TPSA) is 86.5 Å². The van der Waals surface area contributed by atoms with Crippen LogP contribution in [-0.2, 0) is 0 Å². The molecule has 2 aromatic heterocycles. The number of carbonyl (C=O) groups excluding carboxylic acids is 1. The molecule has 2 aromatic carbocycles. The first-order valence-electron chi connectivity index (χ1n) is 9.37. The second-order valence-electron chi connectivity index (χ2n) is 6.92. The number of fused-ring (bicyclic) bond motifs is 1. The lowest BCUT2D eigenvalue weighted by molar-refractivity contribution is 0.102. The molecule has 0 saturated carbocycles. The number of methoxy groups -OCH3 is 2. The van der Waals surface area contributed by atoms with Crippen molar-refractivity contribution in [3.63, 3.8) is 0 Å². The number of rotatable bonds is 5. The van der Waals surface area contributed by atoms with Crippen molar-refractivity contribution in [3.8, 4) is 22.8 Å². The number of pyridine rings is 1. The Morgan fingerprint density at radius 1 is 0.967 bits per heavy atom. The first-order valence-corrected chi connectivity index (χ1v) is 9.37. The van der Waals surface area contributed by atoms with Crippen molar-refractivity contribution in [3.05, 3.63) is 65.4 Å². The van der Waals surface area contributed by atoms with Crippen LogP contribution in [0.5, 0.6) is 11.5 Å². The summed E-state index contributed by atoms with van der Waals surface area (Å²) in [6.07, 6.45) is 0. The molecule has 4 aromatic rings. The Bertz CT molecular complexity index is 1210. The number of benzene rings is 2. The van der Waals surface area contributed by atoms with Crippen LogP contribution >= 0.6 is 0 Å². The number of anilines is 1. The quantitative estimate of drug-likeness (QED) is 0.516. The average Bonchev–Trinajstić information content (AvgIpc) is 3.14. The molecule has 0 spiro atoms. The van der Waals surface area contributed by atoms with Gasteiger partial charge in [0, 0.05) is 29.4 Å². The molecule has 152 valence electrons. The van der Waals surface area contributed by atoms with E-state index in [2.05, 4.69) is 15.5 Å². The van der Waals surface area contributed by atoms with E-state index in [1.54, 1.807) is 45.4 Å². The molecule has 7 nitrogen and oxygen atoms in total. The molecule has 0 aliphatic heterocycles. The normalized spacial score (nSPS) is 10.8. The SMILES string of the molecule is COc1cc(NC(=O)c2cc(-c3ccc(C)cc3)nc3onc(C)c23)cc(OC)c1. The number of carbonyl (C=O) groups is 1. The zero-order valence-electron chi connectivity index (χ0n) is 17.1. The maximum atomic E-state index is 13.2. The molecular weight excluding hydrogens is 382 g/mol. The summed E-state index contributed by atoms with van der Waals surface area (Å²) in [5, 5.41) is 7.48. The number of aromatic nitrogens is 2. The number of nitrogens with zero attached hydrogens (tertiary/aromatic N) is 2. The summed E-state index contributed by atoms with van der Waals surface area (Å²) in [4.78, 5) is 17.8. The molecule has 0 radical (unpaired) electrons. The molecule has 0 saturated heterocycles. The highest BCUT2D eigenvalue weighted by Gasteiger charge is 2.20. The van der Waals surface area contributed by atoms with Crippen molar-refractivity contribution in [1.29, 1.82) is 0 Å². The summed E-state index contributed by atoms with van der Waals surface area (Å²) in [7, 11) is 3.11. The predicted molar refractivity (Wildman–Crippen MR) is 114 cm³/mol. The van der Waals surface area contributed by atoms with Gasteiger partial charge in [0.05, 0.1) is 36.6 Å². The standard InChI is InChI=1S/C23H21N3O4/c1-13-5-7-15(8-6-13)20-12-19(21-14(2)26-30-23(21)25-20)22(27)24-16-9-17(28-3)11-18(10-16)29-4/h5-12H,1-4H3,(H,24,27). The number of ether oxygens (including phenoxy) is 2. The van der Waals surface area contributed by atoms with Crippen molar-refractivity contribution >= 4 is 22.7 Å². The van der Waals surface area contributed by atoms with Gasteiger partial charge in [-0.25, -0.2) is 4.98 Å². The minimum atomic E-state index is -0.308. The number of amides is 1. The van der Waals surface area contributed by atoms with E-state index in [4.69, 9.17) is 14.0 Å². The van der Waals surface area contributed by atoms with Crippen molar-refractivity contribution in [2.45, 2.75) is 13.8 Å². The summed E-state index contributed by atoms with van der Waals surface area (Å²) >= 11 is 0. The first kappa shape index (κ1) is 19.4. The summed E-state index contributed by atoms with van der Waals surface area (Å²) < 4.78 is 15.9. The molecule has 0 aliphatic rings. The van der Waals surface area contributed by atoms with Gasteiger partial charge in [-0.3, -0.25) is 4.79 Å². The minimum Gasteiger partial charge on any atom is -0.497 e. The number of nitrogens with one attached hydrogen (secondary N) is 1. The third-order valence-corrected chi connectivity index (χ3v) is 4.82. The van der Waals surface area contributed by atoms with Gasteiger partial charge in [0.15, 0.2) is 0 Å². The van der Waals surface area contributed by atoms with Crippen molar-refractivity contribution in [1.82, 2.24) is 10.1 Å². The lowest BCUT2D eigenvalue weighted by Crippen LogP contribution is -2.13. The monoisotopic (exact) mass is 403 g/mol. The molecule has 0 unspecified atom stereocenters. The zero-order valence-corrected chi connectivity index (χ0v) is 17.1. The highest BCUT2D eigenvalue weighted by molar-refractivity contribution is 6.13. The van der Waals surface area contributed by atoms with Crippen LogP contribution in [0.2, 0.25) is 0 Å². The fourth-order valence-corrected chi connectivity index (χ4v) is 3.22. The van der Waals surface area contributed by atoms with E-state index < -0.39 is 0 Å². The molecule has 30 heavy (non-hydrogen) atoms. The van der Waals surface area contributed by atoms with Crippen molar-refractivity contribution in [2.75, 3.05) is 19.5 Å². The Balaban J connectivity index is 1.78. The first-order chi connectivity index (χ1) is 14.5. The van der Waals surface area contributed by atoms with E-state index in [-0.39, 0.29) is 5.91 Å². The maximum Gasteiger partial charge on any atom is 0.259 e. The van der Waals surface area contributed by atoms with Crippen LogP contribution in [0.1, 0.15) is 21.6 Å². The minimum absolute atomic E-state index is 0.308. The molecule has 0 fully saturated rings. The van der Waals surface area contributed by atoms with Gasteiger partial charge in [0.2, 0.25) is 0 Å². The highest BCUT2D eigenvalue weighted by atomic mass is 16.5. The van der Waals surface area contributed by atoms with Crippen LogP contribution in [0.3, 0.4) is 0 Å². The number of hydrogen-bond acceptors (Lipinski definition) is 6. The lowest BCUT2D eigenvalue weighted by Gasteiger charge is -2.11. The predicted octanol–water partition coefficient (Wildman–Crippen LogP) is 4.78. The van der Waals surface area contributed by atoms with Gasteiger partial charge in [-0.1, -0.05) is 35.0 Å². The Morgan fingerprint density at radius 3 is 2.27 bits per heavy atom. The fraction of sp³-hybridized carbons (Fsp3) is 0.174. The Morgan fingerprint density at radius 2 is 1.63 bits per heavy atom. The van der Waals surface area contributed by atoms with Gasteiger partial charge in [-0.2, -0.15) is 0 Å². The number of aryl methyl sites for hydroxylation is 2. The third kappa shape index (κ3) is 3.69. The van der Waals surface area contributed by atoms with Crippen LogP contribution in [0, 0.1) is 13.8 Å². The third-order valence-electron chi connectivity index (χ3n) is 4.82. The largest absolute Gasteiger partial charge is 0.497 e. The molecule has 1 amide bonds. The van der Waals surface area contributed by atoms with Crippen LogP contribution < -0.4 is 14.8 Å². The fourth-order valence-electron chi connectivity index (χ4n) is 3.22. The molecule has 4 rings (SSSR count). The average molecular weight is 403 g/mol. The van der Waals surface area contributed by atoms with Gasteiger partial charge in [0.25, 0.3) is 11.6 Å². The van der Waals surface area contributed by atoms with Crippen molar-refractivity contribution < 1.29 is 18.8 Å². The van der Waals surface area contributed by atoms with E-state index in [9.17, 15) is 4.79 Å². The lowest BCUT2D eigenvalue weighted by atomic mass is 10.0. The number of hydrogen-bond donors (Lipinski definition) is 1. The summed E-state index contributed by atoms with van der Waals surface area (Å²) in [5.41, 5.74) is 4.55. The molecule has 0 aliphatic carbocycles. The van der Waals surface area contributed by atoms with Gasteiger partial charge in [-0.15, -0.1) is 0 Å². The van der Waals surface area contributed by atoms with Crippen LogP contribution in [0.4, 0.5) is 5.69 Å². The molecular formula is C23H21N3O4. The van der Waals surface area contributed by atoms with Crippen LogP contribution in [0.15, 0.2) is 53.1 Å². The van der Waals surface area contributed by atoms with Gasteiger partial charge in [-0.05, 0) is 19.9 Å². The molecule has 1 N–H and O–H groups in total. The van der Waals surface area contributed by atoms with E-state index in [0.29, 0.717) is 45.2 Å². The second-order valence-corrected chi connectivity index (χ2v) is 6.92. The Kier molecular flexibility index (Phi) is 5.10. The Hall–Kier alpha value is -3.87. The second kappa shape index (κ2) is 7.87. The van der Waals surface area contributed by atoms with E-state index in [1.165, 1.54) is 0 Å². The summed E-state index contributed by atoms with van der Waals surface area (Å²) in [5.74, 6) is 0.842. The van der Waals surface area contributed by atoms with Crippen molar-refractivity contribution in [2.24, 2.45) is 0 Å². The Labute approximate surface area is 173 Å². The molecule has 7 heteroatoms. The maximum absolute atomic E-state index is 13.2. The van der Waals surface area contributed by atoms with E-state index >= 15 is 0 Å². The van der Waals surface area contributed by atoms with Gasteiger partial charge < -0.3 is 19.3 Å². The van der Waals surface area contributed by atoms with Crippen LogP contribution in [-0.4, -0.2) is 30.3 Å². The highest BCUT2D eigenvalue weighted by Crippen LogP contribution is 2.30. The molecule has 0 atom stereocenters. The summed E-state index contributed by atoms with van der Waals surface area (Å²) in [6.45, 7) is 3.80. The molecule has 0 bridgehead atoms. The van der Waals surface area contributed by atoms with E-state index in [1.807, 2.05) is 31.2 Å². The summed E-state index contributed by atoms with van der Waals surface area (Å²) in [6, 6.07) is 14.8. The molecule has 2 heterocycles. The van der Waals surface area contributed by atoms with Gasteiger partial charge in [0.1, 0.15) is 11.5 Å². The zero-order chi connectivity index (χ0) is 21.3.